The van der Waals surface area contributed by atoms with E-state index in [4.69, 9.17) is 47.4 Å². The number of carbonyl (C=O) groups excluding carboxylic acids is 10. The van der Waals surface area contributed by atoms with Gasteiger partial charge < -0.3 is 47.4 Å². The maximum absolute atomic E-state index is 13.5. The molecule has 0 bridgehead atoms. The van der Waals surface area contributed by atoms with Crippen LogP contribution in [0.1, 0.15) is 119 Å². The third kappa shape index (κ3) is 21.4. The summed E-state index contributed by atoms with van der Waals surface area (Å²) in [5.41, 5.74) is 3.56. The minimum atomic E-state index is -0.684. The average Bonchev–Trinajstić information content (AvgIpc) is 3.47. The Bertz CT molecular complexity index is 2730. The van der Waals surface area contributed by atoms with Crippen LogP contribution in [0, 0.1) is 44.4 Å². The van der Waals surface area contributed by atoms with Gasteiger partial charge in [-0.05, 0) is 144 Å². The summed E-state index contributed by atoms with van der Waals surface area (Å²) < 4.78 is 53.5. The molecule has 0 heterocycles. The Morgan fingerprint density at radius 1 is 0.469 bits per heavy atom. The van der Waals surface area contributed by atoms with Gasteiger partial charge in [0.1, 0.15) is 48.4 Å². The predicted molar refractivity (Wildman–Crippen MR) is 288 cm³/mol. The van der Waals surface area contributed by atoms with Gasteiger partial charge in [-0.1, -0.05) is 37.4 Å². The van der Waals surface area contributed by atoms with Crippen LogP contribution in [0.25, 0.3) is 0 Å². The van der Waals surface area contributed by atoms with E-state index >= 15 is 0 Å². The molecule has 0 radical (unpaired) electrons. The highest BCUT2D eigenvalue weighted by Crippen LogP contribution is 2.38. The van der Waals surface area contributed by atoms with E-state index in [1.807, 2.05) is 0 Å². The lowest BCUT2D eigenvalue weighted by Gasteiger charge is -2.27. The molecular weight excluding hydrogens is 1050 g/mol. The number of carbonyl (C=O) groups is 10. The van der Waals surface area contributed by atoms with Gasteiger partial charge in [0.05, 0.1) is 62.6 Å². The summed E-state index contributed by atoms with van der Waals surface area (Å²) in [4.78, 5) is 124. The van der Waals surface area contributed by atoms with Crippen LogP contribution in [0.2, 0.25) is 0 Å². The van der Waals surface area contributed by atoms with Crippen molar-refractivity contribution in [2.75, 3.05) is 26.4 Å². The molecule has 3 aromatic rings. The molecule has 0 N–H and O–H groups in total. The summed E-state index contributed by atoms with van der Waals surface area (Å²) in [6, 6.07) is 15.3. The first-order valence-electron chi connectivity index (χ1n) is 27.2. The third-order valence-electron chi connectivity index (χ3n) is 13.8. The van der Waals surface area contributed by atoms with Gasteiger partial charge in [0.15, 0.2) is 0 Å². The molecule has 20 nitrogen and oxygen atoms in total. The molecule has 0 amide bonds. The van der Waals surface area contributed by atoms with Gasteiger partial charge in [-0.15, -0.1) is 0 Å². The minimum Gasteiger partial charge on any atom is -0.465 e. The molecule has 0 aliphatic heterocycles. The number of aryl methyl sites for hydroxylation is 1. The minimum absolute atomic E-state index is 0.0724. The molecule has 2 unspecified atom stereocenters. The van der Waals surface area contributed by atoms with Crippen molar-refractivity contribution in [3.8, 4) is 23.0 Å². The summed E-state index contributed by atoms with van der Waals surface area (Å²) in [5, 5.41) is 0. The molecular formula is C61H72O20. The van der Waals surface area contributed by atoms with Gasteiger partial charge in [-0.3, -0.25) is 38.4 Å². The van der Waals surface area contributed by atoms with Crippen LogP contribution in [0.4, 0.5) is 0 Å². The van der Waals surface area contributed by atoms with E-state index in [9.17, 15) is 47.9 Å². The van der Waals surface area contributed by atoms with E-state index < -0.39 is 95.6 Å². The smallest absolute Gasteiger partial charge is 0.330 e. The first-order valence-corrected chi connectivity index (χ1v) is 27.2. The standard InChI is InChI=1S/C61H72O20/c1-8-51(62)74-35-38(4)76-55(66)28-26-53(64)72-32-30-42-10-22-48(23-11-42)78-58(68)44-14-18-46(19-15-44)60(70)80-50-34-37(3)57(41(7)40(50)6)81-61(71)47-20-16-45(17-21-47)59(69)79-49-24-12-43(13-25-49)31-33-73-54(65)27-29-56(67)77-39(5)36-75-52(63)9-2/h8-13,22-25,34,38-39,44-47H,1-2,14-21,26-33,35-36H2,3-7H3. The topological polar surface area (TPSA) is 263 Å². The second-order valence-electron chi connectivity index (χ2n) is 20.1. The second kappa shape index (κ2) is 32.2. The fraction of sp³-hybridized carbons (Fsp3) is 0.475. The zero-order chi connectivity index (χ0) is 59.0. The van der Waals surface area contributed by atoms with Crippen molar-refractivity contribution in [2.45, 2.75) is 137 Å². The number of benzene rings is 3. The Morgan fingerprint density at radius 3 is 1.19 bits per heavy atom. The number of esters is 10. The lowest BCUT2D eigenvalue weighted by Crippen LogP contribution is -2.31. The van der Waals surface area contributed by atoms with Gasteiger partial charge in [-0.25, -0.2) is 9.59 Å². The summed E-state index contributed by atoms with van der Waals surface area (Å²) in [7, 11) is 0. The Balaban J connectivity index is 0.955. The molecule has 436 valence electrons. The van der Waals surface area contributed by atoms with Gasteiger partial charge in [-0.2, -0.15) is 0 Å². The third-order valence-corrected chi connectivity index (χ3v) is 13.8. The quantitative estimate of drug-likeness (QED) is 0.0286. The lowest BCUT2D eigenvalue weighted by molar-refractivity contribution is -0.157. The number of hydrogen-bond donors (Lipinski definition) is 0. The zero-order valence-corrected chi connectivity index (χ0v) is 46.6. The summed E-state index contributed by atoms with van der Waals surface area (Å²) in [5.74, 6) is -5.50. The van der Waals surface area contributed by atoms with Crippen molar-refractivity contribution in [3.63, 3.8) is 0 Å². The largest absolute Gasteiger partial charge is 0.465 e. The summed E-state index contributed by atoms with van der Waals surface area (Å²) in [6.45, 7) is 14.9. The molecule has 20 heteroatoms. The summed E-state index contributed by atoms with van der Waals surface area (Å²) >= 11 is 0. The van der Waals surface area contributed by atoms with Crippen LogP contribution in [0.3, 0.4) is 0 Å². The fourth-order valence-electron chi connectivity index (χ4n) is 8.91. The molecule has 3 aromatic carbocycles. The summed E-state index contributed by atoms with van der Waals surface area (Å²) in [6.07, 6.45) is 4.13. The monoisotopic (exact) mass is 1120 g/mol. The first kappa shape index (κ1) is 63.7. The van der Waals surface area contributed by atoms with Gasteiger partial charge >= 0.3 is 59.7 Å². The van der Waals surface area contributed by atoms with Crippen molar-refractivity contribution >= 4 is 59.7 Å². The van der Waals surface area contributed by atoms with E-state index in [0.717, 1.165) is 23.3 Å². The average molecular weight is 1130 g/mol. The van der Waals surface area contributed by atoms with E-state index in [1.54, 1.807) is 89.2 Å². The van der Waals surface area contributed by atoms with Crippen LogP contribution >= 0.6 is 0 Å². The molecule has 81 heavy (non-hydrogen) atoms. The SMILES string of the molecule is C=CC(=O)OCC(C)OC(=O)CCC(=O)OCCc1ccc(OC(=O)C2CCC(C(=O)Oc3cc(C)c(OC(=O)C4CCC(C(=O)Oc5ccc(CCOC(=O)CCC(=O)OC(C)COC(=O)C=C)cc5)CC4)c(C)c3C)CC2)cc1. The van der Waals surface area contributed by atoms with Gasteiger partial charge in [0.2, 0.25) is 0 Å². The Kier molecular flexibility index (Phi) is 25.3. The lowest BCUT2D eigenvalue weighted by atomic mass is 9.82. The van der Waals surface area contributed by atoms with Crippen LogP contribution in [0.5, 0.6) is 23.0 Å². The van der Waals surface area contributed by atoms with Crippen LogP contribution in [-0.4, -0.2) is 98.3 Å². The van der Waals surface area contributed by atoms with E-state index in [0.29, 0.717) is 104 Å². The molecule has 2 atom stereocenters. The number of ether oxygens (including phenoxy) is 10. The molecule has 2 saturated carbocycles. The van der Waals surface area contributed by atoms with Gasteiger partial charge in [0.25, 0.3) is 0 Å². The molecule has 0 saturated heterocycles. The maximum atomic E-state index is 13.5. The zero-order valence-electron chi connectivity index (χ0n) is 46.6. The van der Waals surface area contributed by atoms with E-state index in [-0.39, 0.29) is 52.1 Å². The Hall–Kier alpha value is -8.16. The normalized spacial score (nSPS) is 17.3. The maximum Gasteiger partial charge on any atom is 0.330 e. The second-order valence-corrected chi connectivity index (χ2v) is 20.1. The van der Waals surface area contributed by atoms with Gasteiger partial charge in [0, 0.05) is 25.0 Å². The highest BCUT2D eigenvalue weighted by atomic mass is 16.6. The van der Waals surface area contributed by atoms with Crippen LogP contribution < -0.4 is 18.9 Å². The highest BCUT2D eigenvalue weighted by Gasteiger charge is 2.35. The van der Waals surface area contributed by atoms with Crippen molar-refractivity contribution in [1.82, 2.24) is 0 Å². The van der Waals surface area contributed by atoms with Crippen LogP contribution in [0.15, 0.2) is 79.9 Å². The van der Waals surface area contributed by atoms with Crippen LogP contribution in [-0.2, 0) is 89.2 Å². The van der Waals surface area contributed by atoms with Crippen molar-refractivity contribution < 1.29 is 95.3 Å². The molecule has 2 fully saturated rings. The van der Waals surface area contributed by atoms with Crippen molar-refractivity contribution in [3.05, 3.63) is 108 Å². The predicted octanol–water partition coefficient (Wildman–Crippen LogP) is 8.30. The molecule has 0 aromatic heterocycles. The number of hydrogen-bond acceptors (Lipinski definition) is 20. The molecule has 0 spiro atoms. The van der Waals surface area contributed by atoms with Crippen molar-refractivity contribution in [1.29, 1.82) is 0 Å². The van der Waals surface area contributed by atoms with E-state index in [2.05, 4.69) is 13.2 Å². The highest BCUT2D eigenvalue weighted by molar-refractivity contribution is 5.83. The van der Waals surface area contributed by atoms with Crippen molar-refractivity contribution in [2.24, 2.45) is 23.7 Å². The Morgan fingerprint density at radius 2 is 0.815 bits per heavy atom. The Labute approximate surface area is 471 Å². The first-order chi connectivity index (χ1) is 38.7. The fourth-order valence-corrected chi connectivity index (χ4v) is 8.91. The molecule has 2 aliphatic carbocycles. The number of rotatable bonds is 28. The van der Waals surface area contributed by atoms with E-state index in [1.165, 1.54) is 0 Å². The molecule has 5 rings (SSSR count). The molecule has 2 aliphatic rings.